The Bertz CT molecular complexity index is 445. The van der Waals surface area contributed by atoms with Crippen molar-refractivity contribution in [2.75, 3.05) is 18.1 Å². The molecule has 94 valence electrons. The van der Waals surface area contributed by atoms with Crippen molar-refractivity contribution in [2.24, 2.45) is 7.05 Å². The molecule has 1 rings (SSSR count). The summed E-state index contributed by atoms with van der Waals surface area (Å²) >= 11 is 0. The van der Waals surface area contributed by atoms with Crippen molar-refractivity contribution < 1.29 is 4.21 Å². The number of hydrogen-bond acceptors (Lipinski definition) is 3. The van der Waals surface area contributed by atoms with E-state index in [2.05, 4.69) is 11.4 Å². The van der Waals surface area contributed by atoms with Crippen molar-refractivity contribution in [1.82, 2.24) is 9.88 Å². The molecule has 0 amide bonds. The molecule has 1 N–H and O–H groups in total. The van der Waals surface area contributed by atoms with Crippen LogP contribution in [-0.2, 0) is 24.4 Å². The second-order valence-corrected chi connectivity index (χ2v) is 5.79. The standard InChI is InChI=1S/C12H19N3OS/c1-4-17(16)6-5-14-9-11-7-12(8-13)15(3)10(11)2/h7,14H,4-6,9H2,1-3H3. The van der Waals surface area contributed by atoms with Crippen LogP contribution in [0.2, 0.25) is 0 Å². The summed E-state index contributed by atoms with van der Waals surface area (Å²) in [7, 11) is 1.18. The van der Waals surface area contributed by atoms with Crippen molar-refractivity contribution >= 4 is 10.8 Å². The van der Waals surface area contributed by atoms with Crippen LogP contribution in [0.3, 0.4) is 0 Å². The molecule has 1 heterocycles. The van der Waals surface area contributed by atoms with Gasteiger partial charge in [-0.3, -0.25) is 4.21 Å². The molecular formula is C12H19N3OS. The van der Waals surface area contributed by atoms with Gasteiger partial charge in [-0.25, -0.2) is 0 Å². The van der Waals surface area contributed by atoms with Gasteiger partial charge in [0.25, 0.3) is 0 Å². The van der Waals surface area contributed by atoms with Gasteiger partial charge in [0, 0.05) is 48.1 Å². The van der Waals surface area contributed by atoms with Crippen LogP contribution in [0.4, 0.5) is 0 Å². The van der Waals surface area contributed by atoms with Crippen molar-refractivity contribution in [3.05, 3.63) is 23.0 Å². The summed E-state index contributed by atoms with van der Waals surface area (Å²) in [5.41, 5.74) is 2.91. The maximum Gasteiger partial charge on any atom is 0.120 e. The van der Waals surface area contributed by atoms with Gasteiger partial charge in [-0.05, 0) is 18.6 Å². The lowest BCUT2D eigenvalue weighted by molar-refractivity contribution is 0.673. The Hall–Kier alpha value is -1.12. The van der Waals surface area contributed by atoms with Crippen LogP contribution in [0.1, 0.15) is 23.9 Å². The Kier molecular flexibility index (Phi) is 5.39. The SMILES string of the molecule is CCS(=O)CCNCc1cc(C#N)n(C)c1C. The third-order valence-electron chi connectivity index (χ3n) is 2.90. The summed E-state index contributed by atoms with van der Waals surface area (Å²) in [4.78, 5) is 0. The molecule has 0 bridgehead atoms. The molecule has 0 radical (unpaired) electrons. The van der Waals surface area contributed by atoms with E-state index in [1.807, 2.05) is 31.5 Å². The van der Waals surface area contributed by atoms with E-state index in [0.717, 1.165) is 24.3 Å². The monoisotopic (exact) mass is 253 g/mol. The first-order chi connectivity index (χ1) is 8.10. The molecule has 0 aromatic carbocycles. The summed E-state index contributed by atoms with van der Waals surface area (Å²) in [5.74, 6) is 1.40. The molecule has 0 spiro atoms. The number of rotatable bonds is 6. The molecule has 0 aliphatic rings. The summed E-state index contributed by atoms with van der Waals surface area (Å²) in [6, 6.07) is 4.06. The predicted molar refractivity (Wildman–Crippen MR) is 70.1 cm³/mol. The zero-order valence-corrected chi connectivity index (χ0v) is 11.4. The third kappa shape index (κ3) is 3.69. The lowest BCUT2D eigenvalue weighted by Gasteiger charge is -2.04. The van der Waals surface area contributed by atoms with Crippen LogP contribution in [0.5, 0.6) is 0 Å². The van der Waals surface area contributed by atoms with Crippen LogP contribution in [-0.4, -0.2) is 26.8 Å². The summed E-state index contributed by atoms with van der Waals surface area (Å²) in [6.07, 6.45) is 0. The molecule has 4 nitrogen and oxygen atoms in total. The first kappa shape index (κ1) is 13.9. The summed E-state index contributed by atoms with van der Waals surface area (Å²) in [5, 5.41) is 12.2. The lowest BCUT2D eigenvalue weighted by atomic mass is 10.2. The van der Waals surface area contributed by atoms with Crippen molar-refractivity contribution in [3.63, 3.8) is 0 Å². The third-order valence-corrected chi connectivity index (χ3v) is 4.20. The highest BCUT2D eigenvalue weighted by Crippen LogP contribution is 2.12. The van der Waals surface area contributed by atoms with Crippen molar-refractivity contribution in [1.29, 1.82) is 5.26 Å². The average molecular weight is 253 g/mol. The minimum absolute atomic E-state index is 0.677. The lowest BCUT2D eigenvalue weighted by Crippen LogP contribution is -2.20. The molecule has 1 atom stereocenters. The Labute approximate surface area is 105 Å². The van der Waals surface area contributed by atoms with E-state index in [-0.39, 0.29) is 0 Å². The van der Waals surface area contributed by atoms with Crippen molar-refractivity contribution in [2.45, 2.75) is 20.4 Å². The fourth-order valence-electron chi connectivity index (χ4n) is 1.60. The minimum Gasteiger partial charge on any atom is -0.340 e. The van der Waals surface area contributed by atoms with Crippen molar-refractivity contribution in [3.8, 4) is 6.07 Å². The molecule has 1 unspecified atom stereocenters. The minimum atomic E-state index is -0.711. The van der Waals surface area contributed by atoms with Crippen LogP contribution >= 0.6 is 0 Å². The van der Waals surface area contributed by atoms with E-state index < -0.39 is 10.8 Å². The van der Waals surface area contributed by atoms with E-state index in [9.17, 15) is 4.21 Å². The zero-order chi connectivity index (χ0) is 12.8. The quantitative estimate of drug-likeness (QED) is 0.771. The van der Waals surface area contributed by atoms with Gasteiger partial charge >= 0.3 is 0 Å². The van der Waals surface area contributed by atoms with E-state index >= 15 is 0 Å². The normalized spacial score (nSPS) is 12.4. The van der Waals surface area contributed by atoms with Gasteiger partial charge in [0.2, 0.25) is 0 Å². The van der Waals surface area contributed by atoms with Gasteiger partial charge < -0.3 is 9.88 Å². The van der Waals surface area contributed by atoms with Gasteiger partial charge in [-0.1, -0.05) is 6.92 Å². The maximum atomic E-state index is 11.2. The largest absolute Gasteiger partial charge is 0.340 e. The first-order valence-corrected chi connectivity index (χ1v) is 7.20. The molecule has 0 fully saturated rings. The maximum absolute atomic E-state index is 11.2. The summed E-state index contributed by atoms with van der Waals surface area (Å²) < 4.78 is 13.1. The van der Waals surface area contributed by atoms with Gasteiger partial charge in [-0.15, -0.1) is 0 Å². The van der Waals surface area contributed by atoms with E-state index in [0.29, 0.717) is 17.2 Å². The van der Waals surface area contributed by atoms with Gasteiger partial charge in [-0.2, -0.15) is 5.26 Å². The highest BCUT2D eigenvalue weighted by molar-refractivity contribution is 7.84. The van der Waals surface area contributed by atoms with E-state index in [1.165, 1.54) is 0 Å². The molecule has 17 heavy (non-hydrogen) atoms. The van der Waals surface area contributed by atoms with Gasteiger partial charge in [0.05, 0.1) is 0 Å². The second kappa shape index (κ2) is 6.58. The summed E-state index contributed by atoms with van der Waals surface area (Å²) in [6.45, 7) is 5.40. The fraction of sp³-hybridized carbons (Fsp3) is 0.583. The van der Waals surface area contributed by atoms with E-state index in [4.69, 9.17) is 5.26 Å². The Morgan fingerprint density at radius 2 is 2.29 bits per heavy atom. The van der Waals surface area contributed by atoms with Crippen LogP contribution < -0.4 is 5.32 Å². The van der Waals surface area contributed by atoms with Crippen LogP contribution in [0.15, 0.2) is 6.07 Å². The van der Waals surface area contributed by atoms with Gasteiger partial charge in [0.1, 0.15) is 11.8 Å². The first-order valence-electron chi connectivity index (χ1n) is 5.71. The molecular weight excluding hydrogens is 234 g/mol. The highest BCUT2D eigenvalue weighted by Gasteiger charge is 2.07. The molecule has 0 aliphatic heterocycles. The van der Waals surface area contributed by atoms with Gasteiger partial charge in [0.15, 0.2) is 0 Å². The van der Waals surface area contributed by atoms with Crippen LogP contribution in [0, 0.1) is 18.3 Å². The number of nitriles is 1. The number of nitrogens with one attached hydrogen (secondary N) is 1. The Morgan fingerprint density at radius 1 is 1.59 bits per heavy atom. The highest BCUT2D eigenvalue weighted by atomic mass is 32.2. The van der Waals surface area contributed by atoms with Crippen LogP contribution in [0.25, 0.3) is 0 Å². The second-order valence-electron chi connectivity index (χ2n) is 3.92. The predicted octanol–water partition coefficient (Wildman–Crippen LogP) is 1.06. The molecule has 1 aromatic heterocycles. The number of aromatic nitrogens is 1. The average Bonchev–Trinajstić information content (AvgIpc) is 2.61. The number of nitrogens with zero attached hydrogens (tertiary/aromatic N) is 2. The number of hydrogen-bond donors (Lipinski definition) is 1. The Morgan fingerprint density at radius 3 is 2.82 bits per heavy atom. The fourth-order valence-corrected chi connectivity index (χ4v) is 2.26. The van der Waals surface area contributed by atoms with E-state index in [1.54, 1.807) is 0 Å². The Balaban J connectivity index is 2.48. The molecule has 0 saturated heterocycles. The molecule has 0 saturated carbocycles. The zero-order valence-electron chi connectivity index (χ0n) is 10.6. The topological polar surface area (TPSA) is 57.8 Å². The molecule has 1 aromatic rings. The molecule has 5 heteroatoms. The molecule has 0 aliphatic carbocycles. The smallest absolute Gasteiger partial charge is 0.120 e.